The summed E-state index contributed by atoms with van der Waals surface area (Å²) in [5.74, 6) is -1.14. The van der Waals surface area contributed by atoms with Crippen molar-refractivity contribution in [1.82, 2.24) is 0 Å². The van der Waals surface area contributed by atoms with Gasteiger partial charge in [0.05, 0.1) is 6.61 Å². The van der Waals surface area contributed by atoms with Crippen molar-refractivity contribution >= 4 is 19.8 Å². The Morgan fingerprint density at radius 3 is 1.74 bits per heavy atom. The molecule has 6 N–H and O–H groups in total. The molecule has 6 atom stereocenters. The highest BCUT2D eigenvalue weighted by Crippen LogP contribution is 2.47. The fourth-order valence-electron chi connectivity index (χ4n) is 5.24. The SMILES string of the molecule is CC/C=C\C/C=C\C/C=C\CCCCCC(=O)OC(COC(=O)CCCCCCCCCC)COP(=O)(O)OC1C(O)C(O)C(O)C(O)C1O. The number of aliphatic hydroxyl groups is 5. The Balaban J connectivity index is 2.60. The predicted octanol–water partition coefficient (Wildman–Crippen LogP) is 5.10. The Bertz CT molecular complexity index is 1030. The minimum atomic E-state index is -5.11. The number of aliphatic hydroxyl groups excluding tert-OH is 5. The molecule has 0 spiro atoms. The van der Waals surface area contributed by atoms with Crippen LogP contribution < -0.4 is 0 Å². The molecule has 0 saturated heterocycles. The van der Waals surface area contributed by atoms with E-state index in [2.05, 4.69) is 50.3 Å². The second-order valence-electron chi connectivity index (χ2n) is 12.7. The van der Waals surface area contributed by atoms with E-state index in [1.54, 1.807) is 0 Å². The lowest BCUT2D eigenvalue weighted by molar-refractivity contribution is -0.220. The molecular weight excluding hydrogens is 671 g/mol. The van der Waals surface area contributed by atoms with E-state index in [9.17, 15) is 44.6 Å². The summed E-state index contributed by atoms with van der Waals surface area (Å²) in [5.41, 5.74) is 0. The van der Waals surface area contributed by atoms with Crippen molar-refractivity contribution in [2.45, 2.75) is 166 Å². The molecule has 13 nitrogen and oxygen atoms in total. The molecule has 0 radical (unpaired) electrons. The lowest BCUT2D eigenvalue weighted by Crippen LogP contribution is -2.64. The van der Waals surface area contributed by atoms with Gasteiger partial charge in [0.2, 0.25) is 0 Å². The summed E-state index contributed by atoms with van der Waals surface area (Å²) in [7, 11) is -5.11. The van der Waals surface area contributed by atoms with Gasteiger partial charge in [-0.25, -0.2) is 4.57 Å². The summed E-state index contributed by atoms with van der Waals surface area (Å²) >= 11 is 0. The number of unbranched alkanes of at least 4 members (excludes halogenated alkanes) is 10. The number of rotatable bonds is 28. The number of carbonyl (C=O) groups is 2. The van der Waals surface area contributed by atoms with E-state index in [0.717, 1.165) is 64.2 Å². The maximum Gasteiger partial charge on any atom is 0.472 e. The zero-order valence-electron chi connectivity index (χ0n) is 29.9. The first kappa shape index (κ1) is 46.1. The molecule has 0 aromatic heterocycles. The molecule has 0 aliphatic heterocycles. The van der Waals surface area contributed by atoms with Gasteiger partial charge >= 0.3 is 19.8 Å². The van der Waals surface area contributed by atoms with E-state index < -0.39 is 75.7 Å². The lowest BCUT2D eigenvalue weighted by Gasteiger charge is -2.41. The molecule has 1 saturated carbocycles. The van der Waals surface area contributed by atoms with Gasteiger partial charge in [0.25, 0.3) is 0 Å². The summed E-state index contributed by atoms with van der Waals surface area (Å²) in [4.78, 5) is 35.3. The fourth-order valence-corrected chi connectivity index (χ4v) is 6.21. The Hall–Kier alpha value is -1.93. The van der Waals surface area contributed by atoms with Crippen LogP contribution in [-0.2, 0) is 32.7 Å². The minimum Gasteiger partial charge on any atom is -0.462 e. The highest BCUT2D eigenvalue weighted by Gasteiger charge is 2.51. The van der Waals surface area contributed by atoms with Crippen LogP contribution >= 0.6 is 7.82 Å². The van der Waals surface area contributed by atoms with Gasteiger partial charge in [0.15, 0.2) is 6.10 Å². The summed E-state index contributed by atoms with van der Waals surface area (Å²) < 4.78 is 33.2. The Labute approximate surface area is 298 Å². The summed E-state index contributed by atoms with van der Waals surface area (Å²) in [6.45, 7) is 3.06. The summed E-state index contributed by atoms with van der Waals surface area (Å²) in [6.07, 6.45) is 13.9. The van der Waals surface area contributed by atoms with Crippen molar-refractivity contribution < 1.29 is 63.1 Å². The van der Waals surface area contributed by atoms with Gasteiger partial charge in [-0.1, -0.05) is 102 Å². The maximum absolute atomic E-state index is 12.7. The van der Waals surface area contributed by atoms with Gasteiger partial charge in [-0.15, -0.1) is 0 Å². The molecule has 1 fully saturated rings. The van der Waals surface area contributed by atoms with E-state index >= 15 is 0 Å². The van der Waals surface area contributed by atoms with Crippen LogP contribution in [-0.4, -0.2) is 98.3 Å². The molecule has 1 aliphatic rings. The smallest absolute Gasteiger partial charge is 0.462 e. The first-order chi connectivity index (χ1) is 23.9. The van der Waals surface area contributed by atoms with E-state index in [-0.39, 0.29) is 12.8 Å². The molecule has 0 bridgehead atoms. The first-order valence-corrected chi connectivity index (χ1v) is 19.8. The van der Waals surface area contributed by atoms with Crippen molar-refractivity contribution in [2.75, 3.05) is 13.2 Å². The molecule has 14 heteroatoms. The number of allylic oxidation sites excluding steroid dienone is 6. The van der Waals surface area contributed by atoms with Crippen molar-refractivity contribution in [3.63, 3.8) is 0 Å². The van der Waals surface area contributed by atoms with E-state index in [0.29, 0.717) is 12.8 Å². The highest BCUT2D eigenvalue weighted by atomic mass is 31.2. The first-order valence-electron chi connectivity index (χ1n) is 18.3. The van der Waals surface area contributed by atoms with E-state index in [4.69, 9.17) is 18.5 Å². The molecule has 290 valence electrons. The summed E-state index contributed by atoms with van der Waals surface area (Å²) in [5, 5.41) is 49.8. The number of ether oxygens (including phenoxy) is 2. The molecule has 6 unspecified atom stereocenters. The number of hydrogen-bond acceptors (Lipinski definition) is 12. The number of phosphoric acid groups is 1. The topological polar surface area (TPSA) is 210 Å². The Morgan fingerprint density at radius 2 is 1.14 bits per heavy atom. The van der Waals surface area contributed by atoms with E-state index in [1.807, 2.05) is 0 Å². The monoisotopic (exact) mass is 734 g/mol. The fraction of sp³-hybridized carbons (Fsp3) is 0.778. The van der Waals surface area contributed by atoms with Crippen LogP contribution in [0.5, 0.6) is 0 Å². The Kier molecular flexibility index (Phi) is 25.5. The van der Waals surface area contributed by atoms with Crippen molar-refractivity contribution in [1.29, 1.82) is 0 Å². The third-order valence-electron chi connectivity index (χ3n) is 8.25. The largest absolute Gasteiger partial charge is 0.472 e. The maximum atomic E-state index is 12.7. The number of esters is 2. The lowest BCUT2D eigenvalue weighted by atomic mass is 9.85. The third kappa shape index (κ3) is 20.8. The number of carbonyl (C=O) groups excluding carboxylic acids is 2. The molecule has 0 amide bonds. The summed E-state index contributed by atoms with van der Waals surface area (Å²) in [6, 6.07) is 0. The third-order valence-corrected chi connectivity index (χ3v) is 9.23. The van der Waals surface area contributed by atoms with Crippen LogP contribution in [0.4, 0.5) is 0 Å². The van der Waals surface area contributed by atoms with Crippen LogP contribution in [0.2, 0.25) is 0 Å². The molecule has 0 aromatic carbocycles. The van der Waals surface area contributed by atoms with Crippen LogP contribution in [0.3, 0.4) is 0 Å². The normalized spacial score (nSPS) is 24.6. The zero-order chi connectivity index (χ0) is 37.2. The molecular formula is C36H63O13P. The van der Waals surface area contributed by atoms with Crippen LogP contribution in [0.15, 0.2) is 36.5 Å². The molecule has 1 aliphatic carbocycles. The van der Waals surface area contributed by atoms with Gasteiger partial charge in [-0.05, 0) is 44.9 Å². The van der Waals surface area contributed by atoms with Gasteiger partial charge in [-0.3, -0.25) is 18.6 Å². The van der Waals surface area contributed by atoms with Crippen molar-refractivity contribution in [2.24, 2.45) is 0 Å². The van der Waals surface area contributed by atoms with Crippen molar-refractivity contribution in [3.8, 4) is 0 Å². The van der Waals surface area contributed by atoms with Crippen LogP contribution in [0, 0.1) is 0 Å². The highest BCUT2D eigenvalue weighted by molar-refractivity contribution is 7.47. The average Bonchev–Trinajstić information content (AvgIpc) is 3.09. The quantitative estimate of drug-likeness (QED) is 0.0268. The number of phosphoric ester groups is 1. The zero-order valence-corrected chi connectivity index (χ0v) is 30.8. The van der Waals surface area contributed by atoms with Gasteiger partial charge < -0.3 is 39.9 Å². The van der Waals surface area contributed by atoms with Gasteiger partial charge in [-0.2, -0.15) is 0 Å². The standard InChI is InChI=1S/C36H63O13P/c1-3-5-7-9-11-13-14-15-16-17-19-21-23-25-30(38)48-28(26-46-29(37)24-22-20-18-12-10-8-6-4-2)27-47-50(44,45)49-36-34(42)32(40)31(39)33(41)35(36)43/h5,7,11,13,15-16,28,31-36,39-43H,3-4,6,8-10,12,14,17-27H2,1-2H3,(H,44,45)/b7-5-,13-11-,16-15-. The molecule has 0 aromatic rings. The Morgan fingerprint density at radius 1 is 0.640 bits per heavy atom. The molecule has 0 heterocycles. The van der Waals surface area contributed by atoms with Gasteiger partial charge in [0, 0.05) is 12.8 Å². The predicted molar refractivity (Wildman–Crippen MR) is 189 cm³/mol. The van der Waals surface area contributed by atoms with Crippen molar-refractivity contribution in [3.05, 3.63) is 36.5 Å². The minimum absolute atomic E-state index is 0.0618. The second-order valence-corrected chi connectivity index (χ2v) is 14.1. The van der Waals surface area contributed by atoms with E-state index in [1.165, 1.54) is 19.3 Å². The molecule has 1 rings (SSSR count). The van der Waals surface area contributed by atoms with Crippen LogP contribution in [0.1, 0.15) is 123 Å². The number of hydrogen-bond donors (Lipinski definition) is 6. The van der Waals surface area contributed by atoms with Crippen LogP contribution in [0.25, 0.3) is 0 Å². The second kappa shape index (κ2) is 27.7. The average molecular weight is 735 g/mol. The molecule has 50 heavy (non-hydrogen) atoms. The van der Waals surface area contributed by atoms with Gasteiger partial charge in [0.1, 0.15) is 43.2 Å².